The minimum atomic E-state index is -3.04. The molecule has 3 heterocycles. The fraction of sp³-hybridized carbons (Fsp3) is 0.370. The van der Waals surface area contributed by atoms with E-state index < -0.39 is 12.5 Å². The summed E-state index contributed by atoms with van der Waals surface area (Å²) in [6, 6.07) is 12.2. The first-order chi connectivity index (χ1) is 18.2. The molecule has 3 aromatic rings. The lowest BCUT2D eigenvalue weighted by atomic mass is 10.0. The number of benzene rings is 2. The normalized spacial score (nSPS) is 15.2. The molecule has 0 spiro atoms. The Morgan fingerprint density at radius 1 is 1.21 bits per heavy atom. The van der Waals surface area contributed by atoms with Gasteiger partial charge in [-0.15, -0.1) is 0 Å². The van der Waals surface area contributed by atoms with Crippen LogP contribution in [0.25, 0.3) is 10.8 Å². The maximum atomic E-state index is 13.3. The third-order valence-corrected chi connectivity index (χ3v) is 6.42. The van der Waals surface area contributed by atoms with Crippen molar-refractivity contribution in [2.45, 2.75) is 32.2 Å². The van der Waals surface area contributed by atoms with Crippen LogP contribution in [0.15, 0.2) is 46.2 Å². The molecular formula is C27H25F2N5O4. The molecule has 2 aliphatic rings. The Kier molecular flexibility index (Phi) is 6.91. The molecule has 196 valence electrons. The molecule has 11 heteroatoms. The van der Waals surface area contributed by atoms with Crippen LogP contribution in [0.2, 0.25) is 0 Å². The summed E-state index contributed by atoms with van der Waals surface area (Å²) in [6.07, 6.45) is 0.725. The van der Waals surface area contributed by atoms with Crippen LogP contribution in [0, 0.1) is 11.3 Å². The number of nitriles is 1. The number of aromatic nitrogens is 2. The van der Waals surface area contributed by atoms with Crippen molar-refractivity contribution in [3.8, 4) is 11.8 Å². The number of fused-ring (bicyclic) bond motifs is 2. The number of rotatable bonds is 7. The molecule has 0 radical (unpaired) electrons. The lowest BCUT2D eigenvalue weighted by Gasteiger charge is -2.27. The number of amides is 1. The fourth-order valence-electron chi connectivity index (χ4n) is 4.58. The number of halogens is 2. The quantitative estimate of drug-likeness (QED) is 0.473. The molecule has 9 nitrogen and oxygen atoms in total. The molecule has 2 aromatic carbocycles. The third-order valence-electron chi connectivity index (χ3n) is 6.42. The molecule has 0 saturated carbocycles. The summed E-state index contributed by atoms with van der Waals surface area (Å²) in [5, 5.41) is 15.2. The van der Waals surface area contributed by atoms with Gasteiger partial charge in [-0.3, -0.25) is 14.6 Å². The molecule has 0 atom stereocenters. The summed E-state index contributed by atoms with van der Waals surface area (Å²) in [5.41, 5.74) is 2.42. The van der Waals surface area contributed by atoms with E-state index in [2.05, 4.69) is 10.1 Å². The van der Waals surface area contributed by atoms with Gasteiger partial charge in [-0.2, -0.15) is 10.4 Å². The van der Waals surface area contributed by atoms with E-state index in [9.17, 15) is 23.6 Å². The number of hydrogen-bond acceptors (Lipinski definition) is 7. The van der Waals surface area contributed by atoms with Gasteiger partial charge in [0.05, 0.1) is 35.5 Å². The summed E-state index contributed by atoms with van der Waals surface area (Å²) >= 11 is 0. The number of aliphatic imine (C=N–C) groups is 1. The second-order valence-electron chi connectivity index (χ2n) is 9.43. The summed E-state index contributed by atoms with van der Waals surface area (Å²) in [4.78, 5) is 32.3. The first-order valence-electron chi connectivity index (χ1n) is 12.2. The van der Waals surface area contributed by atoms with Crippen molar-refractivity contribution < 1.29 is 23.0 Å². The molecular weight excluding hydrogens is 496 g/mol. The van der Waals surface area contributed by atoms with Gasteiger partial charge in [-0.1, -0.05) is 18.2 Å². The van der Waals surface area contributed by atoms with Crippen molar-refractivity contribution in [2.24, 2.45) is 4.99 Å². The van der Waals surface area contributed by atoms with Gasteiger partial charge in [0.25, 0.3) is 11.5 Å². The Hall–Kier alpha value is -4.17. The molecule has 2 aliphatic heterocycles. The number of nitrogens with zero attached hydrogens (tertiary/aromatic N) is 5. The Morgan fingerprint density at radius 3 is 2.66 bits per heavy atom. The molecule has 0 bridgehead atoms. The molecule has 0 N–H and O–H groups in total. The van der Waals surface area contributed by atoms with Crippen LogP contribution in [-0.4, -0.2) is 65.1 Å². The van der Waals surface area contributed by atoms with Gasteiger partial charge in [0.1, 0.15) is 18.4 Å². The van der Waals surface area contributed by atoms with Gasteiger partial charge < -0.3 is 14.4 Å². The number of morpholine rings is 1. The maximum absolute atomic E-state index is 13.3. The van der Waals surface area contributed by atoms with E-state index >= 15 is 0 Å². The highest BCUT2D eigenvalue weighted by atomic mass is 19.3. The van der Waals surface area contributed by atoms with Crippen molar-refractivity contribution in [2.75, 3.05) is 32.9 Å². The highest BCUT2D eigenvalue weighted by Gasteiger charge is 2.25. The van der Waals surface area contributed by atoms with Crippen LogP contribution < -0.4 is 10.3 Å². The van der Waals surface area contributed by atoms with Gasteiger partial charge in [0.15, 0.2) is 6.61 Å². The summed E-state index contributed by atoms with van der Waals surface area (Å²) in [6.45, 7) is 1.56. The summed E-state index contributed by atoms with van der Waals surface area (Å²) in [5.74, 6) is -3.19. The molecule has 5 rings (SSSR count). The van der Waals surface area contributed by atoms with Gasteiger partial charge in [-0.05, 0) is 17.7 Å². The van der Waals surface area contributed by atoms with E-state index in [1.54, 1.807) is 29.2 Å². The van der Waals surface area contributed by atoms with Crippen LogP contribution >= 0.6 is 0 Å². The molecule has 1 amide bonds. The second kappa shape index (κ2) is 10.3. The first-order valence-corrected chi connectivity index (χ1v) is 12.2. The molecule has 1 aromatic heterocycles. The van der Waals surface area contributed by atoms with Crippen LogP contribution in [0.3, 0.4) is 0 Å². The maximum Gasteiger partial charge on any atom is 0.278 e. The fourth-order valence-corrected chi connectivity index (χ4v) is 4.58. The van der Waals surface area contributed by atoms with Crippen molar-refractivity contribution in [1.82, 2.24) is 14.7 Å². The average molecular weight is 522 g/mol. The van der Waals surface area contributed by atoms with Crippen LogP contribution in [0.4, 0.5) is 14.5 Å². The lowest BCUT2D eigenvalue weighted by Crippen LogP contribution is -2.44. The number of carbonyl (C=O) groups is 1. The zero-order valence-electron chi connectivity index (χ0n) is 20.7. The summed E-state index contributed by atoms with van der Waals surface area (Å²) < 4.78 is 38.3. The number of carbonyl (C=O) groups excluding carboxylic acids is 1. The van der Waals surface area contributed by atoms with E-state index in [4.69, 9.17) is 9.47 Å². The molecule has 1 saturated heterocycles. The third kappa shape index (κ3) is 5.40. The Labute approximate surface area is 216 Å². The number of hydrogen-bond donors (Lipinski definition) is 0. The van der Waals surface area contributed by atoms with Crippen molar-refractivity contribution >= 4 is 28.1 Å². The van der Waals surface area contributed by atoms with Crippen molar-refractivity contribution in [3.05, 3.63) is 63.6 Å². The van der Waals surface area contributed by atoms with Crippen LogP contribution in [0.5, 0.6) is 5.75 Å². The highest BCUT2D eigenvalue weighted by molar-refractivity contribution is 5.98. The monoisotopic (exact) mass is 521 g/mol. The number of ether oxygens (including phenoxy) is 2. The predicted molar refractivity (Wildman–Crippen MR) is 135 cm³/mol. The van der Waals surface area contributed by atoms with E-state index in [1.807, 2.05) is 12.1 Å². The van der Waals surface area contributed by atoms with Crippen LogP contribution in [-0.2, 0) is 28.9 Å². The Bertz CT molecular complexity index is 1530. The molecule has 0 unspecified atom stereocenters. The van der Waals surface area contributed by atoms with E-state index in [0.29, 0.717) is 61.3 Å². The number of alkyl halides is 2. The minimum Gasteiger partial charge on any atom is -0.486 e. The SMILES string of the molecule is CC(F)(F)COc1cc2c(cc1C#N)CC(Cc1nn(CC(=O)N3CCOCC3)c(=O)c3ccccc13)=N2. The molecule has 1 fully saturated rings. The topological polar surface area (TPSA) is 110 Å². The zero-order valence-corrected chi connectivity index (χ0v) is 20.7. The largest absolute Gasteiger partial charge is 0.486 e. The highest BCUT2D eigenvalue weighted by Crippen LogP contribution is 2.35. The van der Waals surface area contributed by atoms with Crippen LogP contribution in [0.1, 0.15) is 23.7 Å². The Balaban J connectivity index is 1.43. The van der Waals surface area contributed by atoms with Gasteiger partial charge in [0.2, 0.25) is 5.91 Å². The van der Waals surface area contributed by atoms with Gasteiger partial charge in [-0.25, -0.2) is 13.5 Å². The zero-order chi connectivity index (χ0) is 26.9. The summed E-state index contributed by atoms with van der Waals surface area (Å²) in [7, 11) is 0. The van der Waals surface area contributed by atoms with Gasteiger partial charge in [0, 0.05) is 50.0 Å². The van der Waals surface area contributed by atoms with Crippen molar-refractivity contribution in [3.63, 3.8) is 0 Å². The molecule has 0 aliphatic carbocycles. The standard InChI is InChI=1S/C27H25F2N5O4/c1-27(28,29)16-38-24-13-22-17(10-18(24)14-30)11-19(31-22)12-23-20-4-2-3-5-21(20)26(36)34(32-23)15-25(35)33-6-8-37-9-7-33/h2-5,10,13H,6-9,11-12,15-16H2,1H3. The lowest BCUT2D eigenvalue weighted by molar-refractivity contribution is -0.136. The van der Waals surface area contributed by atoms with Crippen molar-refractivity contribution in [1.29, 1.82) is 5.26 Å². The predicted octanol–water partition coefficient (Wildman–Crippen LogP) is 3.03. The van der Waals surface area contributed by atoms with E-state index in [1.165, 1.54) is 10.7 Å². The average Bonchev–Trinajstić information content (AvgIpc) is 3.30. The minimum absolute atomic E-state index is 0.0523. The van der Waals surface area contributed by atoms with Gasteiger partial charge >= 0.3 is 0 Å². The Morgan fingerprint density at radius 2 is 1.95 bits per heavy atom. The van der Waals surface area contributed by atoms with E-state index in [-0.39, 0.29) is 29.3 Å². The molecule has 38 heavy (non-hydrogen) atoms. The smallest absolute Gasteiger partial charge is 0.278 e. The second-order valence-corrected chi connectivity index (χ2v) is 9.43. The first kappa shape index (κ1) is 25.5. The van der Waals surface area contributed by atoms with E-state index in [0.717, 1.165) is 18.2 Å².